The van der Waals surface area contributed by atoms with Gasteiger partial charge in [0.2, 0.25) is 5.63 Å². The van der Waals surface area contributed by atoms with Crippen molar-refractivity contribution in [3.8, 4) is 0 Å². The molecule has 0 spiro atoms. The second-order valence-electron chi connectivity index (χ2n) is 0.460. The highest BCUT2D eigenvalue weighted by Crippen LogP contribution is 1.99. The Morgan fingerprint density at radius 2 is 2.00 bits per heavy atom. The summed E-state index contributed by atoms with van der Waals surface area (Å²) in [5.41, 5.74) is -1.94. The predicted molar refractivity (Wildman–Crippen MR) is 16.2 cm³/mol. The summed E-state index contributed by atoms with van der Waals surface area (Å²) in [6, 6.07) is 0. The van der Waals surface area contributed by atoms with Crippen LogP contribution in [0.2, 0.25) is 0 Å². The molecule has 0 saturated heterocycles. The van der Waals surface area contributed by atoms with E-state index in [0.717, 1.165) is 0 Å². The summed E-state index contributed by atoms with van der Waals surface area (Å²) in [6.45, 7) is -0.235. The highest BCUT2D eigenvalue weighted by Gasteiger charge is 1.94. The van der Waals surface area contributed by atoms with Gasteiger partial charge in [-0.15, -0.1) is 0 Å². The molecule has 0 aromatic rings. The second-order valence-corrected chi connectivity index (χ2v) is 0.877. The van der Waals surface area contributed by atoms with Crippen LogP contribution in [0, 0.1) is 6.67 Å². The maximum absolute atomic E-state index is 10.8. The fourth-order valence-electron chi connectivity index (χ4n) is 0. The monoisotopic (exact) mass is 99.0 g/mol. The zero-order chi connectivity index (χ0) is 4.28. The molecule has 0 fully saturated rings. The van der Waals surface area contributed by atoms with E-state index in [-0.39, 0.29) is 6.67 Å². The molecule has 31 valence electrons. The van der Waals surface area contributed by atoms with Gasteiger partial charge in [0.1, 0.15) is 0 Å². The second kappa shape index (κ2) is 2.39. The Kier molecular flexibility index (Phi) is 2.46. The van der Waals surface area contributed by atoms with Crippen molar-refractivity contribution in [3.63, 3.8) is 0 Å². The van der Waals surface area contributed by atoms with E-state index in [9.17, 15) is 8.78 Å². The minimum absolute atomic E-state index is 0.235. The lowest BCUT2D eigenvalue weighted by Gasteiger charge is -1.78. The van der Waals surface area contributed by atoms with Crippen molar-refractivity contribution in [2.45, 2.75) is 5.63 Å². The molecule has 0 bridgehead atoms. The van der Waals surface area contributed by atoms with Crippen LogP contribution in [0.1, 0.15) is 0 Å². The van der Waals surface area contributed by atoms with Crippen LogP contribution in [0.3, 0.4) is 0 Å². The number of hydrogen-bond acceptors (Lipinski definition) is 0. The minimum atomic E-state index is -1.94. The molecule has 1 unspecified atom stereocenters. The maximum Gasteiger partial charge on any atom is 0.207 e. The molecular weight excluding hydrogens is 97.5 g/mol. The van der Waals surface area contributed by atoms with Crippen molar-refractivity contribution in [1.82, 2.24) is 0 Å². The first-order valence-corrected chi connectivity index (χ1v) is 1.42. The predicted octanol–water partition coefficient (Wildman–Crippen LogP) is 1.65. The molecule has 0 aliphatic rings. The fraction of sp³-hybridized carbons (Fsp3) is 0.500. The first-order valence-electron chi connectivity index (χ1n) is 0.988. The largest absolute Gasteiger partial charge is 0.239 e. The van der Waals surface area contributed by atoms with Gasteiger partial charge in [0.05, 0.1) is 0 Å². The van der Waals surface area contributed by atoms with Gasteiger partial charge in [-0.2, -0.15) is 0 Å². The van der Waals surface area contributed by atoms with Gasteiger partial charge in [-0.3, -0.25) is 0 Å². The van der Waals surface area contributed by atoms with Gasteiger partial charge in [-0.05, 0) is 0 Å². The van der Waals surface area contributed by atoms with Gasteiger partial charge in [0.25, 0.3) is 0 Å². The summed E-state index contributed by atoms with van der Waals surface area (Å²) >= 11 is 4.36. The number of hydrogen-bond donors (Lipinski definition) is 0. The summed E-state index contributed by atoms with van der Waals surface area (Å²) in [4.78, 5) is 0. The van der Waals surface area contributed by atoms with Crippen LogP contribution in [0.4, 0.5) is 8.78 Å². The molecule has 0 saturated carbocycles. The minimum Gasteiger partial charge on any atom is -0.239 e. The lowest BCUT2D eigenvalue weighted by molar-refractivity contribution is 0.408. The van der Waals surface area contributed by atoms with E-state index in [0.29, 0.717) is 0 Å². The topological polar surface area (TPSA) is 0 Å². The first-order chi connectivity index (χ1) is 2.27. The number of rotatable bonds is 1. The Bertz CT molecular complexity index is 21.6. The highest BCUT2D eigenvalue weighted by molar-refractivity contribution is 6.20. The van der Waals surface area contributed by atoms with Crippen LogP contribution in [0.5, 0.6) is 0 Å². The lowest BCUT2D eigenvalue weighted by Crippen LogP contribution is -1.78. The maximum atomic E-state index is 10.8. The number of halogens is 3. The van der Waals surface area contributed by atoms with Gasteiger partial charge in [0, 0.05) is 0 Å². The van der Waals surface area contributed by atoms with Crippen molar-refractivity contribution < 1.29 is 8.78 Å². The average Bonchev–Trinajstić information content (AvgIpc) is 1.38. The molecule has 0 aliphatic heterocycles. The Labute approximate surface area is 33.7 Å². The Morgan fingerprint density at radius 1 is 1.80 bits per heavy atom. The molecule has 0 nitrogen and oxygen atoms in total. The van der Waals surface area contributed by atoms with E-state index in [4.69, 9.17) is 0 Å². The van der Waals surface area contributed by atoms with Gasteiger partial charge in [-0.1, -0.05) is 11.6 Å². The average molecular weight is 99.5 g/mol. The number of alkyl halides is 2. The van der Waals surface area contributed by atoms with E-state index in [2.05, 4.69) is 11.6 Å². The lowest BCUT2D eigenvalue weighted by atomic mass is 10.9. The van der Waals surface area contributed by atoms with Crippen LogP contribution in [-0.4, -0.2) is 5.63 Å². The van der Waals surface area contributed by atoms with E-state index >= 15 is 0 Å². The van der Waals surface area contributed by atoms with Crippen LogP contribution in [0.15, 0.2) is 0 Å². The fourth-order valence-corrected chi connectivity index (χ4v) is 0. The zero-order valence-electron chi connectivity index (χ0n) is 2.29. The molecule has 3 heteroatoms. The molecule has 1 radical (unpaired) electrons. The normalized spacial score (nSPS) is 15.0. The van der Waals surface area contributed by atoms with Crippen molar-refractivity contribution >= 4 is 11.6 Å². The molecule has 0 amide bonds. The molecule has 0 rings (SSSR count). The third-order valence-electron chi connectivity index (χ3n) is 0.0952. The summed E-state index contributed by atoms with van der Waals surface area (Å²) in [6.07, 6.45) is 0. The summed E-state index contributed by atoms with van der Waals surface area (Å²) in [7, 11) is 0. The zero-order valence-corrected chi connectivity index (χ0v) is 3.04. The van der Waals surface area contributed by atoms with E-state index < -0.39 is 5.63 Å². The third kappa shape index (κ3) is 4.15. The first kappa shape index (κ1) is 5.15. The van der Waals surface area contributed by atoms with Gasteiger partial charge >= 0.3 is 0 Å². The van der Waals surface area contributed by atoms with Crippen molar-refractivity contribution in [3.05, 3.63) is 6.67 Å². The molecular formula is C2H2ClF2. The molecule has 0 aliphatic carbocycles. The molecule has 1 atom stereocenters. The molecule has 0 heterocycles. The Morgan fingerprint density at radius 3 is 2.00 bits per heavy atom. The van der Waals surface area contributed by atoms with E-state index in [1.54, 1.807) is 0 Å². The van der Waals surface area contributed by atoms with Crippen LogP contribution >= 0.6 is 11.6 Å². The Balaban J connectivity index is 2.54. The SMILES string of the molecule is F[CH]C(F)Cl. The molecule has 5 heavy (non-hydrogen) atoms. The van der Waals surface area contributed by atoms with Crippen LogP contribution < -0.4 is 0 Å². The van der Waals surface area contributed by atoms with Crippen molar-refractivity contribution in [2.75, 3.05) is 0 Å². The van der Waals surface area contributed by atoms with Gasteiger partial charge in [-0.25, -0.2) is 8.78 Å². The third-order valence-corrected chi connectivity index (χ3v) is 0.190. The Hall–Kier alpha value is 0.150. The van der Waals surface area contributed by atoms with E-state index in [1.165, 1.54) is 0 Å². The summed E-state index contributed by atoms with van der Waals surface area (Å²) in [5, 5.41) is 0. The highest BCUT2D eigenvalue weighted by atomic mass is 35.5. The summed E-state index contributed by atoms with van der Waals surface area (Å²) < 4.78 is 21.2. The van der Waals surface area contributed by atoms with Gasteiger partial charge < -0.3 is 0 Å². The quantitative estimate of drug-likeness (QED) is 0.439. The van der Waals surface area contributed by atoms with Crippen LogP contribution in [0.25, 0.3) is 0 Å². The molecule has 0 aromatic carbocycles. The van der Waals surface area contributed by atoms with Crippen LogP contribution in [-0.2, 0) is 0 Å². The van der Waals surface area contributed by atoms with E-state index in [1.807, 2.05) is 0 Å². The summed E-state index contributed by atoms with van der Waals surface area (Å²) in [5.74, 6) is 0. The van der Waals surface area contributed by atoms with Gasteiger partial charge in [0.15, 0.2) is 6.67 Å². The molecule has 0 N–H and O–H groups in total. The standard InChI is InChI=1S/C2H2ClF2/c3-2(5)1-4/h1-2H. The van der Waals surface area contributed by atoms with Crippen molar-refractivity contribution in [1.29, 1.82) is 0 Å². The van der Waals surface area contributed by atoms with Crippen molar-refractivity contribution in [2.24, 2.45) is 0 Å². The molecule has 0 aromatic heterocycles. The smallest absolute Gasteiger partial charge is 0.207 e.